The first-order valence-electron chi connectivity index (χ1n) is 9.38. The zero-order valence-electron chi connectivity index (χ0n) is 15.8. The van der Waals surface area contributed by atoms with Crippen molar-refractivity contribution in [3.8, 4) is 0 Å². The van der Waals surface area contributed by atoms with E-state index in [1.54, 1.807) is 0 Å². The number of nitrogens with zero attached hydrogens (tertiary/aromatic N) is 2. The van der Waals surface area contributed by atoms with Gasteiger partial charge in [0.2, 0.25) is 0 Å². The number of hydrogen-bond acceptors (Lipinski definition) is 3. The molecule has 1 aliphatic rings. The van der Waals surface area contributed by atoms with Crippen LogP contribution in [-0.2, 0) is 6.54 Å². The van der Waals surface area contributed by atoms with E-state index >= 15 is 0 Å². The standard InChI is InChI=1S/C22H31N3/c1-18-8-7-11-21(19(18)2)16-23-22(20-9-5-4-6-10-20)17-25-14-12-24(3)13-15-25/h4-11,22-23H,12-17H2,1-3H3/t22-/m1/s1. The Hall–Kier alpha value is -1.68. The highest BCUT2D eigenvalue weighted by molar-refractivity contribution is 5.33. The smallest absolute Gasteiger partial charge is 0.0451 e. The van der Waals surface area contributed by atoms with Crippen molar-refractivity contribution in [1.82, 2.24) is 15.1 Å². The van der Waals surface area contributed by atoms with E-state index in [-0.39, 0.29) is 0 Å². The van der Waals surface area contributed by atoms with Crippen LogP contribution in [0, 0.1) is 13.8 Å². The number of aryl methyl sites for hydroxylation is 1. The van der Waals surface area contributed by atoms with Gasteiger partial charge in [0, 0.05) is 45.3 Å². The van der Waals surface area contributed by atoms with Crippen LogP contribution in [0.1, 0.15) is 28.3 Å². The summed E-state index contributed by atoms with van der Waals surface area (Å²) in [5, 5.41) is 3.82. The minimum atomic E-state index is 0.365. The normalized spacial score (nSPS) is 17.6. The second-order valence-electron chi connectivity index (χ2n) is 7.31. The van der Waals surface area contributed by atoms with Gasteiger partial charge in [0.1, 0.15) is 0 Å². The molecule has 0 saturated carbocycles. The third-order valence-corrected chi connectivity index (χ3v) is 5.49. The Morgan fingerprint density at radius 3 is 2.36 bits per heavy atom. The molecule has 2 aromatic carbocycles. The topological polar surface area (TPSA) is 18.5 Å². The highest BCUT2D eigenvalue weighted by Gasteiger charge is 2.19. The predicted molar refractivity (Wildman–Crippen MR) is 106 cm³/mol. The Morgan fingerprint density at radius 1 is 0.920 bits per heavy atom. The Bertz CT molecular complexity index is 660. The molecule has 134 valence electrons. The molecule has 1 aliphatic heterocycles. The van der Waals surface area contributed by atoms with Gasteiger partial charge < -0.3 is 10.2 Å². The molecule has 0 radical (unpaired) electrons. The van der Waals surface area contributed by atoms with Crippen LogP contribution in [0.15, 0.2) is 48.5 Å². The molecule has 1 N–H and O–H groups in total. The SMILES string of the molecule is Cc1cccc(CN[C@H](CN2CCN(C)CC2)c2ccccc2)c1C. The summed E-state index contributed by atoms with van der Waals surface area (Å²) in [7, 11) is 2.21. The third-order valence-electron chi connectivity index (χ3n) is 5.49. The van der Waals surface area contributed by atoms with E-state index < -0.39 is 0 Å². The maximum Gasteiger partial charge on any atom is 0.0451 e. The lowest BCUT2D eigenvalue weighted by Gasteiger charge is -2.35. The lowest BCUT2D eigenvalue weighted by molar-refractivity contribution is 0.142. The fraction of sp³-hybridized carbons (Fsp3) is 0.455. The first-order valence-corrected chi connectivity index (χ1v) is 9.38. The second-order valence-corrected chi connectivity index (χ2v) is 7.31. The quantitative estimate of drug-likeness (QED) is 0.872. The highest BCUT2D eigenvalue weighted by atomic mass is 15.3. The summed E-state index contributed by atoms with van der Waals surface area (Å²) < 4.78 is 0. The van der Waals surface area contributed by atoms with Gasteiger partial charge in [-0.1, -0.05) is 48.5 Å². The number of benzene rings is 2. The molecule has 3 nitrogen and oxygen atoms in total. The molecule has 0 amide bonds. The lowest BCUT2D eigenvalue weighted by Crippen LogP contribution is -2.47. The maximum atomic E-state index is 3.82. The summed E-state index contributed by atoms with van der Waals surface area (Å²) in [6, 6.07) is 17.8. The molecule has 0 aliphatic carbocycles. The number of nitrogens with one attached hydrogen (secondary N) is 1. The first kappa shape index (κ1) is 18.1. The molecule has 1 atom stereocenters. The van der Waals surface area contributed by atoms with Crippen LogP contribution in [-0.4, -0.2) is 49.6 Å². The zero-order valence-corrected chi connectivity index (χ0v) is 15.8. The van der Waals surface area contributed by atoms with E-state index in [0.717, 1.165) is 26.2 Å². The second kappa shape index (κ2) is 8.61. The molecule has 1 fully saturated rings. The Kier molecular flexibility index (Phi) is 6.24. The molecule has 0 bridgehead atoms. The molecular formula is C22H31N3. The van der Waals surface area contributed by atoms with Crippen LogP contribution >= 0.6 is 0 Å². The summed E-state index contributed by atoms with van der Waals surface area (Å²) in [4.78, 5) is 5.01. The van der Waals surface area contributed by atoms with Crippen LogP contribution in [0.25, 0.3) is 0 Å². The zero-order chi connectivity index (χ0) is 17.6. The average Bonchev–Trinajstić information content (AvgIpc) is 2.64. The molecule has 3 rings (SSSR count). The molecule has 1 heterocycles. The number of rotatable bonds is 6. The summed E-state index contributed by atoms with van der Waals surface area (Å²) in [6.07, 6.45) is 0. The Labute approximate surface area is 152 Å². The number of hydrogen-bond donors (Lipinski definition) is 1. The van der Waals surface area contributed by atoms with Gasteiger partial charge in [-0.15, -0.1) is 0 Å². The molecule has 3 heteroatoms. The van der Waals surface area contributed by atoms with Crippen LogP contribution in [0.5, 0.6) is 0 Å². The van der Waals surface area contributed by atoms with Crippen LogP contribution in [0.4, 0.5) is 0 Å². The molecule has 0 unspecified atom stereocenters. The Morgan fingerprint density at radius 2 is 1.64 bits per heavy atom. The van der Waals surface area contributed by atoms with Crippen LogP contribution in [0.3, 0.4) is 0 Å². The summed E-state index contributed by atoms with van der Waals surface area (Å²) in [5.41, 5.74) is 5.56. The highest BCUT2D eigenvalue weighted by Crippen LogP contribution is 2.18. The molecule has 0 spiro atoms. The molecule has 25 heavy (non-hydrogen) atoms. The van der Waals surface area contributed by atoms with Crippen molar-refractivity contribution in [2.45, 2.75) is 26.4 Å². The van der Waals surface area contributed by atoms with Crippen LogP contribution in [0.2, 0.25) is 0 Å². The largest absolute Gasteiger partial charge is 0.305 e. The van der Waals surface area contributed by atoms with Crippen molar-refractivity contribution < 1.29 is 0 Å². The fourth-order valence-electron chi connectivity index (χ4n) is 3.50. The van der Waals surface area contributed by atoms with Crippen molar-refractivity contribution in [3.05, 3.63) is 70.8 Å². The summed E-state index contributed by atoms with van der Waals surface area (Å²) in [5.74, 6) is 0. The summed E-state index contributed by atoms with van der Waals surface area (Å²) in [6.45, 7) is 11.1. The van der Waals surface area contributed by atoms with Crippen molar-refractivity contribution in [3.63, 3.8) is 0 Å². The van der Waals surface area contributed by atoms with Gasteiger partial charge in [0.15, 0.2) is 0 Å². The lowest BCUT2D eigenvalue weighted by atomic mass is 10.0. The van der Waals surface area contributed by atoms with E-state index in [4.69, 9.17) is 0 Å². The van der Waals surface area contributed by atoms with Crippen molar-refractivity contribution in [1.29, 1.82) is 0 Å². The average molecular weight is 338 g/mol. The molecular weight excluding hydrogens is 306 g/mol. The van der Waals surface area contributed by atoms with E-state index in [0.29, 0.717) is 6.04 Å². The minimum Gasteiger partial charge on any atom is -0.305 e. The van der Waals surface area contributed by atoms with Gasteiger partial charge in [0.25, 0.3) is 0 Å². The van der Waals surface area contributed by atoms with Crippen molar-refractivity contribution >= 4 is 0 Å². The van der Waals surface area contributed by atoms with Gasteiger partial charge in [-0.3, -0.25) is 4.90 Å². The number of likely N-dealkylation sites (N-methyl/N-ethyl adjacent to an activating group) is 1. The molecule has 0 aromatic heterocycles. The van der Waals surface area contributed by atoms with Crippen molar-refractivity contribution in [2.24, 2.45) is 0 Å². The molecule has 2 aromatic rings. The number of piperazine rings is 1. The van der Waals surface area contributed by atoms with Crippen molar-refractivity contribution in [2.75, 3.05) is 39.8 Å². The van der Waals surface area contributed by atoms with E-state index in [2.05, 4.69) is 84.5 Å². The summed E-state index contributed by atoms with van der Waals surface area (Å²) >= 11 is 0. The van der Waals surface area contributed by atoms with Gasteiger partial charge in [-0.25, -0.2) is 0 Å². The molecule has 1 saturated heterocycles. The third kappa shape index (κ3) is 4.91. The van der Waals surface area contributed by atoms with E-state index in [1.165, 1.54) is 35.3 Å². The Balaban J connectivity index is 1.69. The minimum absolute atomic E-state index is 0.365. The van der Waals surface area contributed by atoms with E-state index in [1.807, 2.05) is 0 Å². The monoisotopic (exact) mass is 337 g/mol. The fourth-order valence-corrected chi connectivity index (χ4v) is 3.50. The maximum absolute atomic E-state index is 3.82. The van der Waals surface area contributed by atoms with Gasteiger partial charge in [0.05, 0.1) is 0 Å². The van der Waals surface area contributed by atoms with Gasteiger partial charge in [-0.05, 0) is 43.1 Å². The van der Waals surface area contributed by atoms with Gasteiger partial charge in [-0.2, -0.15) is 0 Å². The predicted octanol–water partition coefficient (Wildman–Crippen LogP) is 3.38. The van der Waals surface area contributed by atoms with Gasteiger partial charge >= 0.3 is 0 Å². The van der Waals surface area contributed by atoms with Crippen LogP contribution < -0.4 is 5.32 Å². The van der Waals surface area contributed by atoms with E-state index in [9.17, 15) is 0 Å². The first-order chi connectivity index (χ1) is 12.1.